The lowest BCUT2D eigenvalue weighted by molar-refractivity contribution is -0.114. The van der Waals surface area contributed by atoms with Gasteiger partial charge in [0.25, 0.3) is 5.91 Å². The van der Waals surface area contributed by atoms with E-state index in [9.17, 15) is 9.59 Å². The van der Waals surface area contributed by atoms with Gasteiger partial charge in [-0.1, -0.05) is 0 Å². The third kappa shape index (κ3) is 4.03. The first-order valence-electron chi connectivity index (χ1n) is 7.94. The third-order valence-electron chi connectivity index (χ3n) is 4.77. The molecule has 2 fully saturated rings. The predicted molar refractivity (Wildman–Crippen MR) is 93.1 cm³/mol. The minimum atomic E-state index is -0.110. The van der Waals surface area contributed by atoms with Crippen molar-refractivity contribution >= 4 is 29.9 Å². The first kappa shape index (κ1) is 17.8. The Balaban J connectivity index is 0.00000192. The fourth-order valence-electron chi connectivity index (χ4n) is 3.61. The molecule has 2 atom stereocenters. The van der Waals surface area contributed by atoms with Crippen molar-refractivity contribution < 1.29 is 9.59 Å². The van der Waals surface area contributed by atoms with Gasteiger partial charge in [-0.05, 0) is 49.9 Å². The van der Waals surface area contributed by atoms with E-state index in [1.807, 2.05) is 11.9 Å². The Hall–Kier alpha value is -1.59. The van der Waals surface area contributed by atoms with Crippen molar-refractivity contribution in [1.82, 2.24) is 10.2 Å². The number of rotatable bonds is 3. The Bertz CT molecular complexity index is 564. The maximum absolute atomic E-state index is 12.6. The lowest BCUT2D eigenvalue weighted by Gasteiger charge is -2.35. The monoisotopic (exact) mass is 337 g/mol. The molecule has 0 radical (unpaired) electrons. The van der Waals surface area contributed by atoms with Gasteiger partial charge in [0.2, 0.25) is 5.91 Å². The molecule has 2 aliphatic rings. The van der Waals surface area contributed by atoms with Crippen molar-refractivity contribution in [2.45, 2.75) is 50.7 Å². The first-order valence-corrected chi connectivity index (χ1v) is 7.94. The summed E-state index contributed by atoms with van der Waals surface area (Å²) in [4.78, 5) is 25.5. The van der Waals surface area contributed by atoms with Crippen molar-refractivity contribution in [3.8, 4) is 0 Å². The van der Waals surface area contributed by atoms with Gasteiger partial charge in [-0.15, -0.1) is 12.4 Å². The largest absolute Gasteiger partial charge is 0.339 e. The number of nitrogens with one attached hydrogen (secondary N) is 2. The van der Waals surface area contributed by atoms with Crippen LogP contribution in [0.2, 0.25) is 0 Å². The molecule has 23 heavy (non-hydrogen) atoms. The molecule has 1 aromatic carbocycles. The molecule has 0 aromatic heterocycles. The van der Waals surface area contributed by atoms with Gasteiger partial charge < -0.3 is 15.5 Å². The van der Waals surface area contributed by atoms with Crippen LogP contribution in [-0.2, 0) is 4.79 Å². The van der Waals surface area contributed by atoms with E-state index in [-0.39, 0.29) is 24.2 Å². The SMILES string of the molecule is CC(=O)Nc1ccc(C(=O)N(C)C2CC3CCC(C2)N3)cc1.Cl. The zero-order valence-electron chi connectivity index (χ0n) is 13.5. The van der Waals surface area contributed by atoms with Gasteiger partial charge in [0.15, 0.2) is 0 Å². The number of nitrogens with zero attached hydrogens (tertiary/aromatic N) is 1. The number of carbonyl (C=O) groups is 2. The van der Waals surface area contributed by atoms with Crippen LogP contribution in [0.25, 0.3) is 0 Å². The summed E-state index contributed by atoms with van der Waals surface area (Å²) in [7, 11) is 1.90. The summed E-state index contributed by atoms with van der Waals surface area (Å²) in [5, 5.41) is 6.31. The molecule has 2 amide bonds. The van der Waals surface area contributed by atoms with E-state index in [0.717, 1.165) is 12.8 Å². The number of hydrogen-bond acceptors (Lipinski definition) is 3. The van der Waals surface area contributed by atoms with Gasteiger partial charge in [-0.2, -0.15) is 0 Å². The van der Waals surface area contributed by atoms with Gasteiger partial charge >= 0.3 is 0 Å². The zero-order chi connectivity index (χ0) is 15.7. The number of hydrogen-bond donors (Lipinski definition) is 2. The van der Waals surface area contributed by atoms with Crippen molar-refractivity contribution in [2.75, 3.05) is 12.4 Å². The van der Waals surface area contributed by atoms with Crippen LogP contribution < -0.4 is 10.6 Å². The average Bonchev–Trinajstić information content (AvgIpc) is 2.84. The highest BCUT2D eigenvalue weighted by Crippen LogP contribution is 2.29. The van der Waals surface area contributed by atoms with Crippen LogP contribution in [0.4, 0.5) is 5.69 Å². The molecule has 126 valence electrons. The van der Waals surface area contributed by atoms with E-state index in [1.165, 1.54) is 19.8 Å². The van der Waals surface area contributed by atoms with E-state index < -0.39 is 0 Å². The lowest BCUT2D eigenvalue weighted by Crippen LogP contribution is -2.48. The third-order valence-corrected chi connectivity index (χ3v) is 4.77. The fraction of sp³-hybridized carbons (Fsp3) is 0.529. The quantitative estimate of drug-likeness (QED) is 0.890. The number of carbonyl (C=O) groups excluding carboxylic acids is 2. The Morgan fingerprint density at radius 1 is 1.13 bits per heavy atom. The lowest BCUT2D eigenvalue weighted by atomic mass is 9.98. The number of amides is 2. The van der Waals surface area contributed by atoms with E-state index in [2.05, 4.69) is 10.6 Å². The maximum Gasteiger partial charge on any atom is 0.253 e. The summed E-state index contributed by atoms with van der Waals surface area (Å²) < 4.78 is 0. The molecule has 0 aliphatic carbocycles. The predicted octanol–water partition coefficient (Wildman–Crippen LogP) is 2.42. The first-order chi connectivity index (χ1) is 10.5. The summed E-state index contributed by atoms with van der Waals surface area (Å²) >= 11 is 0. The zero-order valence-corrected chi connectivity index (χ0v) is 14.4. The molecule has 6 heteroatoms. The maximum atomic E-state index is 12.6. The van der Waals surface area contributed by atoms with Crippen LogP contribution in [0.15, 0.2) is 24.3 Å². The van der Waals surface area contributed by atoms with E-state index in [1.54, 1.807) is 24.3 Å². The number of halogens is 1. The van der Waals surface area contributed by atoms with Crippen molar-refractivity contribution in [3.63, 3.8) is 0 Å². The Morgan fingerprint density at radius 2 is 1.70 bits per heavy atom. The molecule has 2 aliphatic heterocycles. The van der Waals surface area contributed by atoms with E-state index >= 15 is 0 Å². The van der Waals surface area contributed by atoms with Gasteiger partial charge in [0.05, 0.1) is 0 Å². The highest BCUT2D eigenvalue weighted by atomic mass is 35.5. The summed E-state index contributed by atoms with van der Waals surface area (Å²) in [5.41, 5.74) is 1.38. The van der Waals surface area contributed by atoms with Crippen LogP contribution in [0, 0.1) is 0 Å². The summed E-state index contributed by atoms with van der Waals surface area (Å²) in [6.07, 6.45) is 4.55. The molecule has 0 saturated carbocycles. The molecular formula is C17H24ClN3O2. The van der Waals surface area contributed by atoms with Gasteiger partial charge in [0, 0.05) is 43.3 Å². The number of anilines is 1. The van der Waals surface area contributed by atoms with Crippen molar-refractivity contribution in [3.05, 3.63) is 29.8 Å². The van der Waals surface area contributed by atoms with E-state index in [4.69, 9.17) is 0 Å². The van der Waals surface area contributed by atoms with Crippen LogP contribution in [0.1, 0.15) is 43.0 Å². The second-order valence-corrected chi connectivity index (χ2v) is 6.44. The second-order valence-electron chi connectivity index (χ2n) is 6.44. The molecular weight excluding hydrogens is 314 g/mol. The molecule has 2 heterocycles. The molecule has 3 rings (SSSR count). The van der Waals surface area contributed by atoms with E-state index in [0.29, 0.717) is 29.4 Å². The molecule has 0 spiro atoms. The average molecular weight is 338 g/mol. The summed E-state index contributed by atoms with van der Waals surface area (Å²) in [6.45, 7) is 1.47. The minimum Gasteiger partial charge on any atom is -0.339 e. The number of piperidine rings is 1. The van der Waals surface area contributed by atoms with Crippen molar-refractivity contribution in [1.29, 1.82) is 0 Å². The minimum absolute atomic E-state index is 0. The molecule has 5 nitrogen and oxygen atoms in total. The molecule has 1 aromatic rings. The van der Waals surface area contributed by atoms with Crippen LogP contribution >= 0.6 is 12.4 Å². The highest BCUT2D eigenvalue weighted by Gasteiger charge is 2.36. The fourth-order valence-corrected chi connectivity index (χ4v) is 3.61. The topological polar surface area (TPSA) is 61.4 Å². The highest BCUT2D eigenvalue weighted by molar-refractivity contribution is 5.95. The molecule has 2 saturated heterocycles. The number of benzene rings is 1. The number of fused-ring (bicyclic) bond motifs is 2. The van der Waals surface area contributed by atoms with Gasteiger partial charge in [-0.25, -0.2) is 0 Å². The second kappa shape index (κ2) is 7.32. The molecule has 2 N–H and O–H groups in total. The van der Waals surface area contributed by atoms with Crippen molar-refractivity contribution in [2.24, 2.45) is 0 Å². The smallest absolute Gasteiger partial charge is 0.253 e. The Kier molecular flexibility index (Phi) is 5.65. The van der Waals surface area contributed by atoms with Gasteiger partial charge in [-0.3, -0.25) is 9.59 Å². The Labute approximate surface area is 143 Å². The normalized spacial score (nSPS) is 25.4. The van der Waals surface area contributed by atoms with Gasteiger partial charge in [0.1, 0.15) is 0 Å². The van der Waals surface area contributed by atoms with Crippen LogP contribution in [0.3, 0.4) is 0 Å². The standard InChI is InChI=1S/C17H23N3O2.ClH/c1-11(21)18-13-5-3-12(4-6-13)17(22)20(2)16-9-14-7-8-15(10-16)19-14;/h3-6,14-16,19H,7-10H2,1-2H3,(H,18,21);1H. The molecule has 2 unspecified atom stereocenters. The summed E-state index contributed by atoms with van der Waals surface area (Å²) in [5.74, 6) is -0.0537. The molecule has 2 bridgehead atoms. The van der Waals surface area contributed by atoms with Crippen LogP contribution in [0.5, 0.6) is 0 Å². The van der Waals surface area contributed by atoms with Crippen LogP contribution in [-0.4, -0.2) is 41.9 Å². The summed E-state index contributed by atoms with van der Waals surface area (Å²) in [6, 6.07) is 8.56. The Morgan fingerprint density at radius 3 is 2.22 bits per heavy atom.